The SMILES string of the molecule is CC(C)(C)OC(=O)CC(C=C(Cl)S(=O)(=O)c1ccccc1)NC(=O)OC(C)(C)C. The van der Waals surface area contributed by atoms with E-state index in [4.69, 9.17) is 21.1 Å². The number of carbonyl (C=O) groups excluding carboxylic acids is 2. The molecule has 0 aromatic heterocycles. The van der Waals surface area contributed by atoms with Crippen LogP contribution in [0.4, 0.5) is 4.79 Å². The number of alkyl carbamates (subject to hydrolysis) is 1. The number of halogens is 1. The minimum Gasteiger partial charge on any atom is -0.460 e. The van der Waals surface area contributed by atoms with E-state index in [0.29, 0.717) is 0 Å². The molecule has 1 amide bonds. The number of hydrogen-bond acceptors (Lipinski definition) is 6. The number of carbonyl (C=O) groups is 2. The van der Waals surface area contributed by atoms with Gasteiger partial charge >= 0.3 is 12.1 Å². The first kappa shape index (κ1) is 25.0. The third kappa shape index (κ3) is 9.32. The molecule has 1 aromatic rings. The quantitative estimate of drug-likeness (QED) is 0.660. The zero-order chi connectivity index (χ0) is 22.5. The second-order valence-corrected chi connectivity index (χ2v) is 10.9. The number of ether oxygens (including phenoxy) is 2. The van der Waals surface area contributed by atoms with Gasteiger partial charge in [0, 0.05) is 0 Å². The summed E-state index contributed by atoms with van der Waals surface area (Å²) in [6, 6.07) is 6.55. The Morgan fingerprint density at radius 3 is 2.03 bits per heavy atom. The van der Waals surface area contributed by atoms with Gasteiger partial charge in [0.05, 0.1) is 17.4 Å². The van der Waals surface area contributed by atoms with E-state index in [1.807, 2.05) is 0 Å². The summed E-state index contributed by atoms with van der Waals surface area (Å²) >= 11 is 6.06. The number of hydrogen-bond donors (Lipinski definition) is 1. The third-order valence-electron chi connectivity index (χ3n) is 3.15. The Balaban J connectivity index is 3.13. The lowest BCUT2D eigenvalue weighted by molar-refractivity contribution is -0.155. The highest BCUT2D eigenvalue weighted by Crippen LogP contribution is 2.23. The van der Waals surface area contributed by atoms with Crippen molar-refractivity contribution in [2.75, 3.05) is 0 Å². The van der Waals surface area contributed by atoms with E-state index in [1.54, 1.807) is 59.7 Å². The van der Waals surface area contributed by atoms with E-state index in [-0.39, 0.29) is 11.3 Å². The fourth-order valence-corrected chi connectivity index (χ4v) is 3.64. The number of sulfone groups is 1. The van der Waals surface area contributed by atoms with Crippen LogP contribution in [0, 0.1) is 0 Å². The molecule has 0 aliphatic heterocycles. The van der Waals surface area contributed by atoms with Crippen LogP contribution in [0.5, 0.6) is 0 Å². The maximum Gasteiger partial charge on any atom is 0.408 e. The van der Waals surface area contributed by atoms with Crippen molar-refractivity contribution in [3.05, 3.63) is 40.8 Å². The zero-order valence-electron chi connectivity index (χ0n) is 17.5. The zero-order valence-corrected chi connectivity index (χ0v) is 19.1. The molecular formula is C20H28ClNO6S. The Labute approximate surface area is 177 Å². The molecule has 1 rings (SSSR count). The van der Waals surface area contributed by atoms with Crippen LogP contribution in [0.2, 0.25) is 0 Å². The maximum atomic E-state index is 12.6. The number of benzene rings is 1. The molecule has 0 spiro atoms. The van der Waals surface area contributed by atoms with E-state index >= 15 is 0 Å². The van der Waals surface area contributed by atoms with E-state index in [2.05, 4.69) is 5.32 Å². The molecule has 1 atom stereocenters. The van der Waals surface area contributed by atoms with Crippen LogP contribution in [0.15, 0.2) is 45.7 Å². The second-order valence-electron chi connectivity index (χ2n) is 8.33. The lowest BCUT2D eigenvalue weighted by Crippen LogP contribution is -2.40. The lowest BCUT2D eigenvalue weighted by atomic mass is 10.1. The topological polar surface area (TPSA) is 98.8 Å². The minimum absolute atomic E-state index is 0.00506. The molecule has 0 saturated heterocycles. The van der Waals surface area contributed by atoms with Crippen molar-refractivity contribution in [3.8, 4) is 0 Å². The molecule has 0 aliphatic rings. The Morgan fingerprint density at radius 1 is 1.03 bits per heavy atom. The van der Waals surface area contributed by atoms with Crippen LogP contribution in [0.25, 0.3) is 0 Å². The minimum atomic E-state index is -3.99. The highest BCUT2D eigenvalue weighted by Gasteiger charge is 2.26. The van der Waals surface area contributed by atoms with Gasteiger partial charge < -0.3 is 14.8 Å². The van der Waals surface area contributed by atoms with Crippen molar-refractivity contribution in [1.29, 1.82) is 0 Å². The lowest BCUT2D eigenvalue weighted by Gasteiger charge is -2.24. The van der Waals surface area contributed by atoms with Gasteiger partial charge in [-0.2, -0.15) is 0 Å². The molecule has 1 unspecified atom stereocenters. The fraction of sp³-hybridized carbons (Fsp3) is 0.500. The van der Waals surface area contributed by atoms with Gasteiger partial charge in [0.25, 0.3) is 0 Å². The van der Waals surface area contributed by atoms with Gasteiger partial charge in [-0.1, -0.05) is 29.8 Å². The standard InChI is InChI=1S/C20H28ClNO6S/c1-19(2,3)27-17(23)13-14(22-18(24)28-20(4,5)6)12-16(21)29(25,26)15-10-8-7-9-11-15/h7-12,14H,13H2,1-6H3,(H,22,24). The first-order valence-corrected chi connectivity index (χ1v) is 10.8. The van der Waals surface area contributed by atoms with Gasteiger partial charge in [-0.25, -0.2) is 13.2 Å². The smallest absolute Gasteiger partial charge is 0.408 e. The number of rotatable bonds is 6. The average molecular weight is 446 g/mol. The summed E-state index contributed by atoms with van der Waals surface area (Å²) in [5, 5.41) is 2.46. The van der Waals surface area contributed by atoms with Crippen molar-refractivity contribution < 1.29 is 27.5 Å². The summed E-state index contributed by atoms with van der Waals surface area (Å²) in [6.07, 6.45) is -0.0433. The Hall–Kier alpha value is -2.06. The summed E-state index contributed by atoms with van der Waals surface area (Å²) in [6.45, 7) is 10.1. The Bertz CT molecular complexity index is 821. The molecule has 162 valence electrons. The Morgan fingerprint density at radius 2 is 1.55 bits per heavy atom. The molecule has 29 heavy (non-hydrogen) atoms. The third-order valence-corrected chi connectivity index (χ3v) is 5.43. The summed E-state index contributed by atoms with van der Waals surface area (Å²) in [4.78, 5) is 24.3. The number of amides is 1. The molecule has 9 heteroatoms. The number of esters is 1. The molecule has 7 nitrogen and oxygen atoms in total. The highest BCUT2D eigenvalue weighted by molar-refractivity contribution is 7.96. The van der Waals surface area contributed by atoms with Gasteiger partial charge in [0.1, 0.15) is 15.6 Å². The van der Waals surface area contributed by atoms with E-state index in [9.17, 15) is 18.0 Å². The molecule has 0 aliphatic carbocycles. The van der Waals surface area contributed by atoms with Gasteiger partial charge in [0.2, 0.25) is 9.84 Å². The average Bonchev–Trinajstić information content (AvgIpc) is 2.51. The summed E-state index contributed by atoms with van der Waals surface area (Å²) in [5.41, 5.74) is -1.51. The highest BCUT2D eigenvalue weighted by atomic mass is 35.5. The van der Waals surface area contributed by atoms with E-state index in [1.165, 1.54) is 12.1 Å². The van der Waals surface area contributed by atoms with Crippen molar-refractivity contribution in [1.82, 2.24) is 5.32 Å². The van der Waals surface area contributed by atoms with Crippen LogP contribution >= 0.6 is 11.6 Å². The van der Waals surface area contributed by atoms with Crippen LogP contribution in [0.3, 0.4) is 0 Å². The number of nitrogens with one attached hydrogen (secondary N) is 1. The maximum absolute atomic E-state index is 12.6. The first-order valence-electron chi connectivity index (χ1n) is 8.99. The molecule has 0 bridgehead atoms. The van der Waals surface area contributed by atoms with E-state index in [0.717, 1.165) is 6.08 Å². The van der Waals surface area contributed by atoms with Crippen molar-refractivity contribution in [2.45, 2.75) is 70.1 Å². The predicted molar refractivity (Wildman–Crippen MR) is 111 cm³/mol. The van der Waals surface area contributed by atoms with Crippen LogP contribution in [-0.2, 0) is 24.1 Å². The normalized spacial score (nSPS) is 14.1. The Kier molecular flexibility index (Phi) is 8.29. The van der Waals surface area contributed by atoms with Crippen LogP contribution in [0.1, 0.15) is 48.0 Å². The molecule has 0 radical (unpaired) electrons. The van der Waals surface area contributed by atoms with Gasteiger partial charge in [-0.05, 0) is 59.8 Å². The van der Waals surface area contributed by atoms with Crippen molar-refractivity contribution >= 4 is 33.5 Å². The van der Waals surface area contributed by atoms with Crippen molar-refractivity contribution in [3.63, 3.8) is 0 Å². The summed E-state index contributed by atoms with van der Waals surface area (Å²) in [5.74, 6) is -0.628. The molecular weight excluding hydrogens is 418 g/mol. The van der Waals surface area contributed by atoms with Gasteiger partial charge in [-0.15, -0.1) is 0 Å². The van der Waals surface area contributed by atoms with Crippen LogP contribution < -0.4 is 5.32 Å². The first-order chi connectivity index (χ1) is 13.1. The van der Waals surface area contributed by atoms with Crippen LogP contribution in [-0.4, -0.2) is 37.7 Å². The fourth-order valence-electron chi connectivity index (χ4n) is 2.13. The van der Waals surface area contributed by atoms with Gasteiger partial charge in [0.15, 0.2) is 0 Å². The summed E-state index contributed by atoms with van der Waals surface area (Å²) in [7, 11) is -3.99. The molecule has 1 aromatic carbocycles. The molecule has 0 saturated carbocycles. The monoisotopic (exact) mass is 445 g/mol. The second kappa shape index (κ2) is 9.63. The largest absolute Gasteiger partial charge is 0.460 e. The van der Waals surface area contributed by atoms with Crippen molar-refractivity contribution in [2.24, 2.45) is 0 Å². The summed E-state index contributed by atoms with van der Waals surface area (Å²) < 4.78 is 35.2. The predicted octanol–water partition coefficient (Wildman–Crippen LogP) is 4.17. The van der Waals surface area contributed by atoms with Gasteiger partial charge in [-0.3, -0.25) is 4.79 Å². The molecule has 0 fully saturated rings. The van der Waals surface area contributed by atoms with E-state index < -0.39 is 43.5 Å². The molecule has 1 N–H and O–H groups in total. The molecule has 0 heterocycles.